The van der Waals surface area contributed by atoms with Gasteiger partial charge in [-0.1, -0.05) is 12.1 Å². The number of urea groups is 1. The summed E-state index contributed by atoms with van der Waals surface area (Å²) in [4.78, 5) is 27.6. The zero-order valence-corrected chi connectivity index (χ0v) is 13.5. The van der Waals surface area contributed by atoms with Crippen molar-refractivity contribution in [3.8, 4) is 0 Å². The smallest absolute Gasteiger partial charge is 0.321 e. The van der Waals surface area contributed by atoms with E-state index >= 15 is 0 Å². The number of carbonyl (C=O) groups excluding carboxylic acids is 2. The van der Waals surface area contributed by atoms with Crippen LogP contribution in [0.2, 0.25) is 0 Å². The molecule has 1 aromatic carbocycles. The Morgan fingerprint density at radius 2 is 1.95 bits per heavy atom. The van der Waals surface area contributed by atoms with Crippen LogP contribution in [0, 0.1) is 0 Å². The highest BCUT2D eigenvalue weighted by Crippen LogP contribution is 2.13. The van der Waals surface area contributed by atoms with Crippen LogP contribution in [0.5, 0.6) is 0 Å². The van der Waals surface area contributed by atoms with Crippen LogP contribution in [0.3, 0.4) is 0 Å². The van der Waals surface area contributed by atoms with E-state index in [1.807, 2.05) is 27.9 Å². The average molecular weight is 291 g/mol. The number of hydrogen-bond donors (Lipinski definition) is 1. The molecule has 0 aromatic heterocycles. The van der Waals surface area contributed by atoms with Gasteiger partial charge in [-0.25, -0.2) is 4.79 Å². The average Bonchev–Trinajstić information content (AvgIpc) is 2.38. The van der Waals surface area contributed by atoms with Crippen LogP contribution < -0.4 is 5.32 Å². The van der Waals surface area contributed by atoms with Crippen molar-refractivity contribution >= 4 is 17.5 Å². The fourth-order valence-electron chi connectivity index (χ4n) is 2.29. The van der Waals surface area contributed by atoms with Crippen LogP contribution in [-0.2, 0) is 0 Å². The molecule has 0 fully saturated rings. The van der Waals surface area contributed by atoms with Crippen molar-refractivity contribution in [3.63, 3.8) is 0 Å². The number of hydrogen-bond acceptors (Lipinski definition) is 3. The predicted molar refractivity (Wildman–Crippen MR) is 85.9 cm³/mol. The largest absolute Gasteiger partial charge is 0.322 e. The standard InChI is InChI=1S/C16H25N3O2/c1-6-19(12(2)11-18(4)5)16(21)17-15-9-7-8-14(10-15)13(3)20/h7-10,12H,6,11H2,1-5H3,(H,17,21). The second kappa shape index (κ2) is 7.78. The van der Waals surface area contributed by atoms with Gasteiger partial charge in [0.25, 0.3) is 0 Å². The van der Waals surface area contributed by atoms with Gasteiger partial charge >= 0.3 is 6.03 Å². The summed E-state index contributed by atoms with van der Waals surface area (Å²) in [6, 6.07) is 6.96. The first-order chi connectivity index (χ1) is 9.85. The molecule has 1 rings (SSSR count). The molecule has 21 heavy (non-hydrogen) atoms. The maximum atomic E-state index is 12.4. The Labute approximate surface area is 126 Å². The summed E-state index contributed by atoms with van der Waals surface area (Å²) < 4.78 is 0. The van der Waals surface area contributed by atoms with E-state index in [-0.39, 0.29) is 17.9 Å². The van der Waals surface area contributed by atoms with Gasteiger partial charge in [0.2, 0.25) is 0 Å². The van der Waals surface area contributed by atoms with Crippen LogP contribution >= 0.6 is 0 Å². The van der Waals surface area contributed by atoms with Gasteiger partial charge in [-0.3, -0.25) is 4.79 Å². The van der Waals surface area contributed by atoms with Crippen LogP contribution in [-0.4, -0.2) is 54.8 Å². The van der Waals surface area contributed by atoms with Crippen LogP contribution in [0.25, 0.3) is 0 Å². The van der Waals surface area contributed by atoms with E-state index in [2.05, 4.69) is 10.2 Å². The molecular formula is C16H25N3O2. The molecule has 5 nitrogen and oxygen atoms in total. The van der Waals surface area contributed by atoms with Crippen LogP contribution in [0.15, 0.2) is 24.3 Å². The molecule has 116 valence electrons. The van der Waals surface area contributed by atoms with Gasteiger partial charge in [0.05, 0.1) is 0 Å². The van der Waals surface area contributed by atoms with Crippen molar-refractivity contribution in [2.45, 2.75) is 26.8 Å². The third kappa shape index (κ3) is 5.19. The van der Waals surface area contributed by atoms with Gasteiger partial charge in [-0.2, -0.15) is 0 Å². The van der Waals surface area contributed by atoms with Crippen LogP contribution in [0.4, 0.5) is 10.5 Å². The topological polar surface area (TPSA) is 52.7 Å². The van der Waals surface area contributed by atoms with Crippen LogP contribution in [0.1, 0.15) is 31.1 Å². The summed E-state index contributed by atoms with van der Waals surface area (Å²) in [5.74, 6) is -0.0144. The number of nitrogens with one attached hydrogen (secondary N) is 1. The van der Waals surface area contributed by atoms with E-state index in [1.54, 1.807) is 29.2 Å². The zero-order chi connectivity index (χ0) is 16.0. The monoisotopic (exact) mass is 291 g/mol. The summed E-state index contributed by atoms with van der Waals surface area (Å²) in [5.41, 5.74) is 1.24. The normalized spacial score (nSPS) is 12.1. The predicted octanol–water partition coefficient (Wildman–Crippen LogP) is 2.69. The highest BCUT2D eigenvalue weighted by Gasteiger charge is 2.19. The molecule has 1 N–H and O–H groups in total. The molecular weight excluding hydrogens is 266 g/mol. The number of ketones is 1. The molecule has 5 heteroatoms. The molecule has 0 aliphatic rings. The lowest BCUT2D eigenvalue weighted by atomic mass is 10.1. The minimum absolute atomic E-state index is 0.0144. The lowest BCUT2D eigenvalue weighted by Gasteiger charge is -2.30. The molecule has 1 aromatic rings. The van der Waals surface area contributed by atoms with E-state index in [1.165, 1.54) is 6.92 Å². The fraction of sp³-hybridized carbons (Fsp3) is 0.500. The lowest BCUT2D eigenvalue weighted by Crippen LogP contribution is -2.45. The maximum absolute atomic E-state index is 12.4. The fourth-order valence-corrected chi connectivity index (χ4v) is 2.29. The van der Waals surface area contributed by atoms with Crippen molar-refractivity contribution in [2.24, 2.45) is 0 Å². The summed E-state index contributed by atoms with van der Waals surface area (Å²) >= 11 is 0. The Balaban J connectivity index is 2.78. The number of carbonyl (C=O) groups is 2. The molecule has 1 unspecified atom stereocenters. The van der Waals surface area contributed by atoms with E-state index in [0.29, 0.717) is 17.8 Å². The first-order valence-electron chi connectivity index (χ1n) is 7.18. The number of anilines is 1. The maximum Gasteiger partial charge on any atom is 0.322 e. The molecule has 0 saturated heterocycles. The molecule has 0 saturated carbocycles. The molecule has 2 amide bonds. The summed E-state index contributed by atoms with van der Waals surface area (Å²) in [7, 11) is 3.97. The molecule has 0 radical (unpaired) electrons. The second-order valence-corrected chi connectivity index (χ2v) is 5.46. The Hall–Kier alpha value is -1.88. The Morgan fingerprint density at radius 1 is 1.29 bits per heavy atom. The third-order valence-corrected chi connectivity index (χ3v) is 3.28. The SMILES string of the molecule is CCN(C(=O)Nc1cccc(C(C)=O)c1)C(C)CN(C)C. The lowest BCUT2D eigenvalue weighted by molar-refractivity contribution is 0.101. The molecule has 1 atom stereocenters. The van der Waals surface area contributed by atoms with E-state index in [0.717, 1.165) is 6.54 Å². The number of amides is 2. The van der Waals surface area contributed by atoms with Gasteiger partial charge in [0.15, 0.2) is 5.78 Å². The molecule has 0 aliphatic carbocycles. The summed E-state index contributed by atoms with van der Waals surface area (Å²) in [6.45, 7) is 6.92. The van der Waals surface area contributed by atoms with Crippen molar-refractivity contribution in [2.75, 3.05) is 32.5 Å². The van der Waals surface area contributed by atoms with E-state index in [4.69, 9.17) is 0 Å². The van der Waals surface area contributed by atoms with Gasteiger partial charge < -0.3 is 15.1 Å². The van der Waals surface area contributed by atoms with Crippen molar-refractivity contribution in [3.05, 3.63) is 29.8 Å². The van der Waals surface area contributed by atoms with Crippen molar-refractivity contribution in [1.82, 2.24) is 9.80 Å². The quantitative estimate of drug-likeness (QED) is 0.820. The number of Topliss-reactive ketones (excluding diaryl/α,β-unsaturated/α-hetero) is 1. The Bertz CT molecular complexity index is 500. The first kappa shape index (κ1) is 17.2. The van der Waals surface area contributed by atoms with Gasteiger partial charge in [0.1, 0.15) is 0 Å². The van der Waals surface area contributed by atoms with E-state index < -0.39 is 0 Å². The van der Waals surface area contributed by atoms with Gasteiger partial charge in [-0.05, 0) is 47.0 Å². The first-order valence-corrected chi connectivity index (χ1v) is 7.18. The van der Waals surface area contributed by atoms with Gasteiger partial charge in [0, 0.05) is 30.4 Å². The van der Waals surface area contributed by atoms with Gasteiger partial charge in [-0.15, -0.1) is 0 Å². The Morgan fingerprint density at radius 3 is 2.48 bits per heavy atom. The number of benzene rings is 1. The molecule has 0 aliphatic heterocycles. The third-order valence-electron chi connectivity index (χ3n) is 3.28. The van der Waals surface area contributed by atoms with Crippen molar-refractivity contribution in [1.29, 1.82) is 0 Å². The minimum Gasteiger partial charge on any atom is -0.321 e. The number of likely N-dealkylation sites (N-methyl/N-ethyl adjacent to an activating group) is 2. The molecule has 0 heterocycles. The highest BCUT2D eigenvalue weighted by atomic mass is 16.2. The zero-order valence-electron chi connectivity index (χ0n) is 13.5. The number of rotatable bonds is 6. The minimum atomic E-state index is -0.146. The number of nitrogens with zero attached hydrogens (tertiary/aromatic N) is 2. The summed E-state index contributed by atoms with van der Waals surface area (Å²) in [5, 5.41) is 2.86. The molecule has 0 spiro atoms. The van der Waals surface area contributed by atoms with Crippen molar-refractivity contribution < 1.29 is 9.59 Å². The van der Waals surface area contributed by atoms with E-state index in [9.17, 15) is 9.59 Å². The molecule has 0 bridgehead atoms. The highest BCUT2D eigenvalue weighted by molar-refractivity contribution is 5.96. The second-order valence-electron chi connectivity index (χ2n) is 5.46. The summed E-state index contributed by atoms with van der Waals surface area (Å²) in [6.07, 6.45) is 0. The Kier molecular flexibility index (Phi) is 6.37.